The van der Waals surface area contributed by atoms with Crippen LogP contribution in [0.15, 0.2) is 36.4 Å². The van der Waals surface area contributed by atoms with Gasteiger partial charge in [-0.3, -0.25) is 9.59 Å². The summed E-state index contributed by atoms with van der Waals surface area (Å²) in [4.78, 5) is 28.2. The summed E-state index contributed by atoms with van der Waals surface area (Å²) in [6, 6.07) is 8.12. The summed E-state index contributed by atoms with van der Waals surface area (Å²) >= 11 is 0. The molecule has 10 heteroatoms. The van der Waals surface area contributed by atoms with Gasteiger partial charge in [-0.25, -0.2) is 0 Å². The highest BCUT2D eigenvalue weighted by atomic mass is 19.4. The van der Waals surface area contributed by atoms with Crippen molar-refractivity contribution in [2.75, 3.05) is 37.6 Å². The number of piperazine rings is 1. The zero-order valence-electron chi connectivity index (χ0n) is 19.3. The van der Waals surface area contributed by atoms with Crippen LogP contribution in [-0.2, 0) is 6.18 Å². The highest BCUT2D eigenvalue weighted by Crippen LogP contribution is 2.32. The highest BCUT2D eigenvalue weighted by Gasteiger charge is 2.36. The summed E-state index contributed by atoms with van der Waals surface area (Å²) in [6.07, 6.45) is 0.944. The van der Waals surface area contributed by atoms with Gasteiger partial charge in [0.15, 0.2) is 11.5 Å². The first-order valence-corrected chi connectivity index (χ1v) is 11.6. The van der Waals surface area contributed by atoms with Crippen LogP contribution in [0.2, 0.25) is 0 Å². The molecule has 0 radical (unpaired) electrons. The highest BCUT2D eigenvalue weighted by molar-refractivity contribution is 5.96. The Kier molecular flexibility index (Phi) is 8.84. The Morgan fingerprint density at radius 3 is 2.29 bits per heavy atom. The Bertz CT molecular complexity index is 958. The lowest BCUT2D eigenvalue weighted by Crippen LogP contribution is -2.49. The number of rotatable bonds is 9. The zero-order chi connectivity index (χ0) is 24.6. The number of amides is 2. The molecule has 34 heavy (non-hydrogen) atoms. The van der Waals surface area contributed by atoms with Gasteiger partial charge < -0.3 is 15.1 Å². The first-order valence-electron chi connectivity index (χ1n) is 11.6. The van der Waals surface area contributed by atoms with Crippen LogP contribution >= 0.6 is 0 Å². The summed E-state index contributed by atoms with van der Waals surface area (Å²) in [6.45, 7) is 4.07. The van der Waals surface area contributed by atoms with E-state index in [2.05, 4.69) is 22.4 Å². The lowest BCUT2D eigenvalue weighted by atomic mass is 10.1. The Morgan fingerprint density at radius 2 is 1.65 bits per heavy atom. The van der Waals surface area contributed by atoms with Crippen molar-refractivity contribution in [1.82, 2.24) is 20.4 Å². The fourth-order valence-electron chi connectivity index (χ4n) is 3.86. The minimum Gasteiger partial charge on any atom is -0.352 e. The van der Waals surface area contributed by atoms with Crippen molar-refractivity contribution in [3.05, 3.63) is 53.2 Å². The van der Waals surface area contributed by atoms with Crippen LogP contribution in [0.3, 0.4) is 0 Å². The van der Waals surface area contributed by atoms with Crippen LogP contribution in [0.5, 0.6) is 0 Å². The van der Waals surface area contributed by atoms with Gasteiger partial charge in [-0.05, 0) is 30.7 Å². The van der Waals surface area contributed by atoms with Gasteiger partial charge in [0.25, 0.3) is 11.8 Å². The normalized spacial score (nSPS) is 14.2. The molecule has 2 aromatic rings. The minimum atomic E-state index is -4.59. The van der Waals surface area contributed by atoms with Crippen LogP contribution in [0, 0.1) is 0 Å². The lowest BCUT2D eigenvalue weighted by molar-refractivity contribution is -0.138. The van der Waals surface area contributed by atoms with Gasteiger partial charge in [-0.2, -0.15) is 13.2 Å². The van der Waals surface area contributed by atoms with E-state index in [-0.39, 0.29) is 30.3 Å². The standard InChI is InChI=1S/C24H30F3N5O2/c1-2-3-4-5-8-13-28-22(33)20-11-12-21(30-29-20)31-14-16-32(17-15-31)23(34)18-9-6-7-10-19(18)24(25,26)27/h6-7,9-12H,2-5,8,13-17H2,1H3,(H,28,33). The Morgan fingerprint density at radius 1 is 0.941 bits per heavy atom. The van der Waals surface area contributed by atoms with Crippen molar-refractivity contribution in [1.29, 1.82) is 0 Å². The van der Waals surface area contributed by atoms with E-state index in [4.69, 9.17) is 0 Å². The smallest absolute Gasteiger partial charge is 0.352 e. The molecule has 1 aliphatic rings. The minimum absolute atomic E-state index is 0.231. The monoisotopic (exact) mass is 477 g/mol. The molecule has 3 rings (SSSR count). The molecule has 1 aromatic heterocycles. The fraction of sp³-hybridized carbons (Fsp3) is 0.500. The van der Waals surface area contributed by atoms with Crippen molar-refractivity contribution in [2.45, 2.75) is 45.2 Å². The van der Waals surface area contributed by atoms with E-state index in [1.54, 1.807) is 12.1 Å². The summed E-state index contributed by atoms with van der Waals surface area (Å²) in [5.41, 5.74) is -1.04. The van der Waals surface area contributed by atoms with Gasteiger partial charge in [0.1, 0.15) is 0 Å². The average Bonchev–Trinajstić information content (AvgIpc) is 2.85. The van der Waals surface area contributed by atoms with Gasteiger partial charge in [-0.1, -0.05) is 44.7 Å². The molecule has 0 saturated carbocycles. The van der Waals surface area contributed by atoms with Crippen molar-refractivity contribution in [3.63, 3.8) is 0 Å². The predicted octanol–water partition coefficient (Wildman–Crippen LogP) is 4.16. The second kappa shape index (κ2) is 11.8. The number of carbonyl (C=O) groups excluding carboxylic acids is 2. The Hall–Kier alpha value is -3.17. The summed E-state index contributed by atoms with van der Waals surface area (Å²) in [7, 11) is 0. The van der Waals surface area contributed by atoms with E-state index in [1.165, 1.54) is 35.9 Å². The number of hydrogen-bond acceptors (Lipinski definition) is 5. The largest absolute Gasteiger partial charge is 0.417 e. The molecular weight excluding hydrogens is 447 g/mol. The fourth-order valence-corrected chi connectivity index (χ4v) is 3.86. The molecule has 0 unspecified atom stereocenters. The van der Waals surface area contributed by atoms with Crippen LogP contribution in [0.25, 0.3) is 0 Å². The molecule has 184 valence electrons. The SMILES string of the molecule is CCCCCCCNC(=O)c1ccc(N2CCN(C(=O)c3ccccc3C(F)(F)F)CC2)nn1. The predicted molar refractivity (Wildman–Crippen MR) is 123 cm³/mol. The number of hydrogen-bond donors (Lipinski definition) is 1. The average molecular weight is 478 g/mol. The second-order valence-corrected chi connectivity index (χ2v) is 8.27. The van der Waals surface area contributed by atoms with E-state index in [9.17, 15) is 22.8 Å². The summed E-state index contributed by atoms with van der Waals surface area (Å²) < 4.78 is 39.8. The number of benzene rings is 1. The van der Waals surface area contributed by atoms with Crippen molar-refractivity contribution in [3.8, 4) is 0 Å². The summed E-state index contributed by atoms with van der Waals surface area (Å²) in [5.74, 6) is -0.354. The number of unbranched alkanes of at least 4 members (excludes halogenated alkanes) is 4. The summed E-state index contributed by atoms with van der Waals surface area (Å²) in [5, 5.41) is 11.0. The van der Waals surface area contributed by atoms with E-state index in [1.807, 2.05) is 4.90 Å². The van der Waals surface area contributed by atoms with Gasteiger partial charge >= 0.3 is 6.18 Å². The quantitative estimate of drug-likeness (QED) is 0.549. The molecule has 1 aromatic carbocycles. The Balaban J connectivity index is 1.51. The molecule has 1 N–H and O–H groups in total. The number of anilines is 1. The topological polar surface area (TPSA) is 78.4 Å². The maximum Gasteiger partial charge on any atom is 0.417 e. The molecule has 0 aliphatic carbocycles. The van der Waals surface area contributed by atoms with E-state index in [0.717, 1.165) is 25.3 Å². The lowest BCUT2D eigenvalue weighted by Gasteiger charge is -2.35. The van der Waals surface area contributed by atoms with E-state index >= 15 is 0 Å². The number of halogens is 3. The van der Waals surface area contributed by atoms with Gasteiger partial charge in [-0.15, -0.1) is 10.2 Å². The van der Waals surface area contributed by atoms with Crippen LogP contribution in [0.1, 0.15) is 65.4 Å². The number of aromatic nitrogens is 2. The first-order chi connectivity index (χ1) is 16.3. The third kappa shape index (κ3) is 6.68. The number of alkyl halides is 3. The van der Waals surface area contributed by atoms with Crippen LogP contribution in [0.4, 0.5) is 19.0 Å². The van der Waals surface area contributed by atoms with Gasteiger partial charge in [0.2, 0.25) is 0 Å². The van der Waals surface area contributed by atoms with Crippen LogP contribution < -0.4 is 10.2 Å². The molecule has 1 saturated heterocycles. The third-order valence-corrected chi connectivity index (χ3v) is 5.80. The van der Waals surface area contributed by atoms with Crippen molar-refractivity contribution >= 4 is 17.6 Å². The van der Waals surface area contributed by atoms with E-state index < -0.39 is 17.6 Å². The molecule has 1 fully saturated rings. The molecule has 2 heterocycles. The van der Waals surface area contributed by atoms with Crippen molar-refractivity contribution in [2.24, 2.45) is 0 Å². The van der Waals surface area contributed by atoms with Gasteiger partial charge in [0, 0.05) is 32.7 Å². The van der Waals surface area contributed by atoms with Crippen molar-refractivity contribution < 1.29 is 22.8 Å². The molecular formula is C24H30F3N5O2. The van der Waals surface area contributed by atoms with Crippen LogP contribution in [-0.4, -0.2) is 59.6 Å². The maximum atomic E-state index is 13.3. The van der Waals surface area contributed by atoms with Gasteiger partial charge in [0.05, 0.1) is 11.1 Å². The first kappa shape index (κ1) is 25.5. The van der Waals surface area contributed by atoms with E-state index in [0.29, 0.717) is 25.5 Å². The Labute approximate surface area is 197 Å². The molecule has 2 amide bonds. The molecule has 0 atom stereocenters. The molecule has 1 aliphatic heterocycles. The zero-order valence-corrected chi connectivity index (χ0v) is 19.3. The third-order valence-electron chi connectivity index (χ3n) is 5.80. The number of nitrogens with zero attached hydrogens (tertiary/aromatic N) is 4. The number of nitrogens with one attached hydrogen (secondary N) is 1. The molecule has 7 nitrogen and oxygen atoms in total. The number of carbonyl (C=O) groups is 2. The molecule has 0 spiro atoms. The maximum absolute atomic E-state index is 13.3. The molecule has 0 bridgehead atoms. The second-order valence-electron chi connectivity index (χ2n) is 8.27.